The normalized spacial score (nSPS) is 11.6. The lowest BCUT2D eigenvalue weighted by Gasteiger charge is -2.24. The van der Waals surface area contributed by atoms with Gasteiger partial charge in [-0.05, 0) is 42.2 Å². The van der Waals surface area contributed by atoms with E-state index in [-0.39, 0.29) is 16.9 Å². The molecule has 0 saturated heterocycles. The average molecular weight is 622 g/mol. The number of ether oxygens (including phenoxy) is 2. The summed E-state index contributed by atoms with van der Waals surface area (Å²) in [5, 5.41) is 9.95. The molecule has 0 aliphatic heterocycles. The number of likely N-dealkylation sites (N-methyl/N-ethyl adjacent to an activating group) is 1. The van der Waals surface area contributed by atoms with Gasteiger partial charge in [-0.25, -0.2) is 13.4 Å². The Balaban J connectivity index is 1.66. The molecule has 13 heteroatoms. The number of para-hydroxylation sites is 1. The number of benzene rings is 2. The van der Waals surface area contributed by atoms with E-state index in [9.17, 15) is 13.2 Å². The van der Waals surface area contributed by atoms with Crippen LogP contribution in [0.25, 0.3) is 10.9 Å². The van der Waals surface area contributed by atoms with Gasteiger partial charge in [0.05, 0.1) is 36.8 Å². The predicted octanol–water partition coefficient (Wildman–Crippen LogP) is 5.23. The molecule has 0 aliphatic rings. The summed E-state index contributed by atoms with van der Waals surface area (Å²) in [6.07, 6.45) is 2.65. The van der Waals surface area contributed by atoms with Crippen LogP contribution in [0.4, 0.5) is 17.3 Å². The van der Waals surface area contributed by atoms with Crippen LogP contribution in [0.5, 0.6) is 17.4 Å². The first-order chi connectivity index (χ1) is 20.7. The minimum Gasteiger partial charge on any atom is -0.492 e. The summed E-state index contributed by atoms with van der Waals surface area (Å²) in [6, 6.07) is 12.4. The van der Waals surface area contributed by atoms with Gasteiger partial charge in [-0.1, -0.05) is 39.5 Å². The number of nitrogens with zero attached hydrogens (tertiary/aromatic N) is 3. The monoisotopic (exact) mass is 621 g/mol. The molecular formula is C31H39N7O5S. The molecule has 0 unspecified atom stereocenters. The second kappa shape index (κ2) is 12.8. The number of nitrogens with one attached hydrogen (secondary N) is 4. The van der Waals surface area contributed by atoms with Crippen LogP contribution in [0.1, 0.15) is 43.7 Å². The summed E-state index contributed by atoms with van der Waals surface area (Å²) in [5.74, 6) is 0.987. The van der Waals surface area contributed by atoms with Gasteiger partial charge < -0.3 is 30.0 Å². The fourth-order valence-corrected chi connectivity index (χ4v) is 5.16. The second-order valence-corrected chi connectivity index (χ2v) is 13.0. The number of hydrogen-bond donors (Lipinski definition) is 4. The zero-order valence-electron chi connectivity index (χ0n) is 26.0. The summed E-state index contributed by atoms with van der Waals surface area (Å²) in [7, 11) is -0.431. The average Bonchev–Trinajstić information content (AvgIpc) is 3.28. The minimum absolute atomic E-state index is 0.196. The molecule has 0 bridgehead atoms. The Morgan fingerprint density at radius 1 is 1.11 bits per heavy atom. The van der Waals surface area contributed by atoms with Crippen molar-refractivity contribution in [3.63, 3.8) is 0 Å². The van der Waals surface area contributed by atoms with Gasteiger partial charge in [-0.15, -0.1) is 0 Å². The van der Waals surface area contributed by atoms with Gasteiger partial charge in [0.15, 0.2) is 11.5 Å². The Hall–Kier alpha value is -4.78. The SMILES string of the molecule is C=C(CNc1nccc(Oc2cccc3cc(C(=O)Nc4cc(C(C)(C)C)cc(NS(C)(=O)=O)c4OC)n(C)c23)n1)NCC. The molecule has 0 fully saturated rings. The molecule has 4 aromatic rings. The summed E-state index contributed by atoms with van der Waals surface area (Å²) in [4.78, 5) is 22.4. The van der Waals surface area contributed by atoms with E-state index in [1.807, 2.05) is 39.8 Å². The quantitative estimate of drug-likeness (QED) is 0.167. The lowest BCUT2D eigenvalue weighted by Crippen LogP contribution is -2.19. The van der Waals surface area contributed by atoms with E-state index in [0.29, 0.717) is 41.0 Å². The van der Waals surface area contributed by atoms with Gasteiger partial charge in [0.25, 0.3) is 5.91 Å². The standard InChI is InChI=1S/C31H39N7O5S/c1-9-32-19(2)18-34-30-33-14-13-26(36-30)43-25-12-10-11-20-15-24(38(6)27(20)25)29(39)35-22-16-21(31(3,4)5)17-23(28(22)42-7)37-44(8,40)41/h10-17,32,37H,2,9,18H2,1,3-8H3,(H,35,39)(H,33,34,36). The molecule has 0 spiro atoms. The van der Waals surface area contributed by atoms with Gasteiger partial charge in [0.1, 0.15) is 5.69 Å². The smallest absolute Gasteiger partial charge is 0.272 e. The number of sulfonamides is 1. The highest BCUT2D eigenvalue weighted by atomic mass is 32.2. The lowest BCUT2D eigenvalue weighted by molar-refractivity contribution is 0.101. The highest BCUT2D eigenvalue weighted by molar-refractivity contribution is 7.92. The number of aryl methyl sites for hydroxylation is 1. The van der Waals surface area contributed by atoms with Crippen molar-refractivity contribution in [3.8, 4) is 17.4 Å². The summed E-state index contributed by atoms with van der Waals surface area (Å²) in [6.45, 7) is 13.1. The molecule has 44 heavy (non-hydrogen) atoms. The van der Waals surface area contributed by atoms with E-state index < -0.39 is 15.9 Å². The van der Waals surface area contributed by atoms with Crippen molar-refractivity contribution in [3.05, 3.63) is 72.2 Å². The Bertz CT molecular complexity index is 1810. The highest BCUT2D eigenvalue weighted by Crippen LogP contribution is 2.40. The molecule has 0 saturated carbocycles. The van der Waals surface area contributed by atoms with E-state index in [1.54, 1.807) is 48.1 Å². The first-order valence-electron chi connectivity index (χ1n) is 14.0. The van der Waals surface area contributed by atoms with Crippen LogP contribution in [0.3, 0.4) is 0 Å². The van der Waals surface area contributed by atoms with Crippen LogP contribution >= 0.6 is 0 Å². The molecule has 12 nitrogen and oxygen atoms in total. The van der Waals surface area contributed by atoms with Crippen molar-refractivity contribution in [1.29, 1.82) is 0 Å². The topological polar surface area (TPSA) is 148 Å². The maximum atomic E-state index is 13.7. The number of fused-ring (bicyclic) bond motifs is 1. The number of methoxy groups -OCH3 is 1. The van der Waals surface area contributed by atoms with Gasteiger partial charge in [0, 0.05) is 36.9 Å². The molecule has 2 aromatic carbocycles. The maximum absolute atomic E-state index is 13.7. The highest BCUT2D eigenvalue weighted by Gasteiger charge is 2.24. The molecule has 4 N–H and O–H groups in total. The second-order valence-electron chi connectivity index (χ2n) is 11.3. The van der Waals surface area contributed by atoms with Crippen LogP contribution in [0.2, 0.25) is 0 Å². The Morgan fingerprint density at radius 3 is 2.50 bits per heavy atom. The third-order valence-corrected chi connectivity index (χ3v) is 7.28. The van der Waals surface area contributed by atoms with Crippen LogP contribution in [0.15, 0.2) is 60.9 Å². The zero-order chi connectivity index (χ0) is 32.2. The van der Waals surface area contributed by atoms with Crippen molar-refractivity contribution >= 4 is 44.2 Å². The number of rotatable bonds is 12. The fraction of sp³-hybridized carbons (Fsp3) is 0.323. The Kier molecular flexibility index (Phi) is 9.38. The van der Waals surface area contributed by atoms with Gasteiger partial charge >= 0.3 is 0 Å². The van der Waals surface area contributed by atoms with E-state index in [2.05, 4.69) is 37.2 Å². The molecule has 1 amide bonds. The maximum Gasteiger partial charge on any atom is 0.272 e. The van der Waals surface area contributed by atoms with Gasteiger partial charge in [-0.3, -0.25) is 9.52 Å². The van der Waals surface area contributed by atoms with E-state index in [4.69, 9.17) is 9.47 Å². The predicted molar refractivity (Wildman–Crippen MR) is 174 cm³/mol. The Labute approximate surface area is 257 Å². The number of anilines is 3. The third-order valence-electron chi connectivity index (χ3n) is 6.69. The first-order valence-corrected chi connectivity index (χ1v) is 15.9. The fourth-order valence-electron chi connectivity index (χ4n) is 4.61. The van der Waals surface area contributed by atoms with Gasteiger partial charge in [-0.2, -0.15) is 4.98 Å². The molecule has 2 aromatic heterocycles. The molecular weight excluding hydrogens is 582 g/mol. The number of aromatic nitrogens is 3. The number of hydrogen-bond acceptors (Lipinski definition) is 9. The molecule has 0 atom stereocenters. The zero-order valence-corrected chi connectivity index (χ0v) is 26.8. The van der Waals surface area contributed by atoms with Crippen molar-refractivity contribution in [2.45, 2.75) is 33.1 Å². The summed E-state index contributed by atoms with van der Waals surface area (Å²) < 4.78 is 40.2. The number of carbonyl (C=O) groups excluding carboxylic acids is 1. The van der Waals surface area contributed by atoms with E-state index >= 15 is 0 Å². The van der Waals surface area contributed by atoms with Crippen LogP contribution in [-0.2, 0) is 22.5 Å². The molecule has 4 rings (SSSR count). The van der Waals surface area contributed by atoms with E-state index in [1.165, 1.54) is 7.11 Å². The van der Waals surface area contributed by atoms with Crippen molar-refractivity contribution in [2.75, 3.05) is 41.8 Å². The minimum atomic E-state index is -3.62. The lowest BCUT2D eigenvalue weighted by atomic mass is 9.86. The molecule has 0 radical (unpaired) electrons. The number of amides is 1. The van der Waals surface area contributed by atoms with E-state index in [0.717, 1.165) is 29.4 Å². The van der Waals surface area contributed by atoms with Crippen LogP contribution < -0.4 is 30.1 Å². The first kappa shape index (κ1) is 32.1. The molecule has 2 heterocycles. The number of carbonyl (C=O) groups is 1. The van der Waals surface area contributed by atoms with Gasteiger partial charge in [0.2, 0.25) is 21.9 Å². The van der Waals surface area contributed by atoms with Crippen LogP contribution in [-0.4, -0.2) is 55.3 Å². The largest absolute Gasteiger partial charge is 0.492 e. The molecule has 234 valence electrons. The van der Waals surface area contributed by atoms with Crippen molar-refractivity contribution in [2.24, 2.45) is 7.05 Å². The summed E-state index contributed by atoms with van der Waals surface area (Å²) >= 11 is 0. The molecule has 0 aliphatic carbocycles. The van der Waals surface area contributed by atoms with Crippen molar-refractivity contribution in [1.82, 2.24) is 19.9 Å². The Morgan fingerprint density at radius 2 is 1.84 bits per heavy atom. The van der Waals surface area contributed by atoms with Crippen LogP contribution in [0, 0.1) is 0 Å². The third kappa shape index (κ3) is 7.59. The summed E-state index contributed by atoms with van der Waals surface area (Å²) in [5.41, 5.74) is 2.86. The van der Waals surface area contributed by atoms with Crippen molar-refractivity contribution < 1.29 is 22.7 Å².